The van der Waals surface area contributed by atoms with Gasteiger partial charge >= 0.3 is 0 Å². The van der Waals surface area contributed by atoms with Crippen molar-refractivity contribution in [1.29, 1.82) is 0 Å². The van der Waals surface area contributed by atoms with Gasteiger partial charge in [0.05, 0.1) is 10.7 Å². The second-order valence-corrected chi connectivity index (χ2v) is 4.95. The number of hydrogen-bond acceptors (Lipinski definition) is 2. The van der Waals surface area contributed by atoms with Crippen LogP contribution in [-0.2, 0) is 6.54 Å². The summed E-state index contributed by atoms with van der Waals surface area (Å²) in [5.74, 6) is 0. The van der Waals surface area contributed by atoms with Crippen molar-refractivity contribution in [2.45, 2.75) is 39.3 Å². The number of nitrogens with zero attached hydrogens (tertiary/aromatic N) is 1. The van der Waals surface area contributed by atoms with E-state index in [0.29, 0.717) is 6.04 Å². The summed E-state index contributed by atoms with van der Waals surface area (Å²) in [6.07, 6.45) is 2.61. The van der Waals surface area contributed by atoms with E-state index < -0.39 is 0 Å². The van der Waals surface area contributed by atoms with Crippen molar-refractivity contribution < 1.29 is 0 Å². The predicted molar refractivity (Wildman–Crippen MR) is 74.9 cm³/mol. The van der Waals surface area contributed by atoms with Crippen LogP contribution in [-0.4, -0.2) is 19.1 Å². The molecule has 0 heterocycles. The minimum atomic E-state index is 0.709. The van der Waals surface area contributed by atoms with Crippen LogP contribution in [0.2, 0.25) is 5.02 Å². The summed E-state index contributed by atoms with van der Waals surface area (Å²) >= 11 is 6.38. The smallest absolute Gasteiger partial charge is 0.0643 e. The molecular formula is C14H21ClN2. The summed E-state index contributed by atoms with van der Waals surface area (Å²) in [5, 5.41) is 4.27. The lowest BCUT2D eigenvalue weighted by molar-refractivity contribution is 0.718. The summed E-state index contributed by atoms with van der Waals surface area (Å²) in [5.41, 5.74) is 2.55. The highest BCUT2D eigenvalue weighted by Gasteiger charge is 2.30. The highest BCUT2D eigenvalue weighted by molar-refractivity contribution is 6.33. The van der Waals surface area contributed by atoms with E-state index in [-0.39, 0.29) is 0 Å². The molecule has 0 saturated heterocycles. The first-order valence-corrected chi connectivity index (χ1v) is 6.90. The zero-order chi connectivity index (χ0) is 12.3. The highest BCUT2D eigenvalue weighted by Crippen LogP contribution is 2.37. The first-order valence-electron chi connectivity index (χ1n) is 6.52. The number of benzene rings is 1. The third-order valence-electron chi connectivity index (χ3n) is 3.25. The van der Waals surface area contributed by atoms with Gasteiger partial charge in [-0.1, -0.05) is 30.7 Å². The van der Waals surface area contributed by atoms with E-state index in [1.165, 1.54) is 24.1 Å². The molecule has 0 amide bonds. The summed E-state index contributed by atoms with van der Waals surface area (Å²) in [6, 6.07) is 6.92. The Bertz CT molecular complexity index is 374. The van der Waals surface area contributed by atoms with Crippen LogP contribution in [0.5, 0.6) is 0 Å². The molecule has 1 N–H and O–H groups in total. The van der Waals surface area contributed by atoms with Crippen molar-refractivity contribution in [3.63, 3.8) is 0 Å². The number of nitrogens with one attached hydrogen (secondary N) is 1. The second-order valence-electron chi connectivity index (χ2n) is 4.55. The first-order chi connectivity index (χ1) is 8.27. The highest BCUT2D eigenvalue weighted by atomic mass is 35.5. The maximum absolute atomic E-state index is 6.38. The van der Waals surface area contributed by atoms with Crippen LogP contribution in [0.4, 0.5) is 5.69 Å². The Labute approximate surface area is 109 Å². The van der Waals surface area contributed by atoms with Crippen molar-refractivity contribution >= 4 is 17.3 Å². The van der Waals surface area contributed by atoms with E-state index in [1.54, 1.807) is 0 Å². The van der Waals surface area contributed by atoms with Gasteiger partial charge < -0.3 is 10.2 Å². The summed E-state index contributed by atoms with van der Waals surface area (Å²) in [7, 11) is 0. The quantitative estimate of drug-likeness (QED) is 0.835. The molecule has 0 unspecified atom stereocenters. The van der Waals surface area contributed by atoms with Gasteiger partial charge in [-0.05, 0) is 37.9 Å². The Morgan fingerprint density at radius 3 is 2.71 bits per heavy atom. The lowest BCUT2D eigenvalue weighted by Gasteiger charge is -2.27. The zero-order valence-corrected chi connectivity index (χ0v) is 11.4. The molecule has 1 fully saturated rings. The Morgan fingerprint density at radius 1 is 1.35 bits per heavy atom. The molecule has 1 aromatic carbocycles. The van der Waals surface area contributed by atoms with E-state index >= 15 is 0 Å². The largest absolute Gasteiger partial charge is 0.367 e. The number of anilines is 1. The summed E-state index contributed by atoms with van der Waals surface area (Å²) in [6.45, 7) is 7.26. The molecule has 17 heavy (non-hydrogen) atoms. The van der Waals surface area contributed by atoms with Crippen LogP contribution in [0.25, 0.3) is 0 Å². The van der Waals surface area contributed by atoms with E-state index in [9.17, 15) is 0 Å². The molecule has 1 aliphatic rings. The minimum absolute atomic E-state index is 0.709. The minimum Gasteiger partial charge on any atom is -0.367 e. The fourth-order valence-corrected chi connectivity index (χ4v) is 2.57. The van der Waals surface area contributed by atoms with Crippen LogP contribution in [0.3, 0.4) is 0 Å². The molecule has 1 aromatic rings. The Hall–Kier alpha value is -0.730. The van der Waals surface area contributed by atoms with Gasteiger partial charge in [0.25, 0.3) is 0 Å². The van der Waals surface area contributed by atoms with Gasteiger partial charge in [-0.25, -0.2) is 0 Å². The number of rotatable bonds is 6. The van der Waals surface area contributed by atoms with Crippen molar-refractivity contribution in [3.8, 4) is 0 Å². The number of para-hydroxylation sites is 1. The fraction of sp³-hybridized carbons (Fsp3) is 0.571. The van der Waals surface area contributed by atoms with E-state index in [0.717, 1.165) is 24.7 Å². The molecule has 0 bridgehead atoms. The average Bonchev–Trinajstić information content (AvgIpc) is 3.14. The summed E-state index contributed by atoms with van der Waals surface area (Å²) < 4.78 is 0. The van der Waals surface area contributed by atoms with Crippen molar-refractivity contribution in [2.24, 2.45) is 0 Å². The normalized spacial score (nSPS) is 15.0. The third kappa shape index (κ3) is 2.93. The van der Waals surface area contributed by atoms with Crippen molar-refractivity contribution in [3.05, 3.63) is 28.8 Å². The van der Waals surface area contributed by atoms with Crippen LogP contribution in [0.15, 0.2) is 18.2 Å². The molecule has 3 heteroatoms. The molecule has 0 spiro atoms. The zero-order valence-electron chi connectivity index (χ0n) is 10.7. The lowest BCUT2D eigenvalue weighted by Crippen LogP contribution is -2.27. The second kappa shape index (κ2) is 5.74. The van der Waals surface area contributed by atoms with E-state index in [2.05, 4.69) is 30.1 Å². The van der Waals surface area contributed by atoms with Gasteiger partial charge in [0, 0.05) is 19.1 Å². The number of hydrogen-bond donors (Lipinski definition) is 1. The molecule has 1 aliphatic carbocycles. The third-order valence-corrected chi connectivity index (χ3v) is 3.56. The molecule has 0 aliphatic heterocycles. The van der Waals surface area contributed by atoms with Gasteiger partial charge in [0.15, 0.2) is 0 Å². The van der Waals surface area contributed by atoms with Gasteiger partial charge in [0.1, 0.15) is 0 Å². The molecule has 1 saturated carbocycles. The molecule has 0 aromatic heterocycles. The fourth-order valence-electron chi connectivity index (χ4n) is 2.27. The SMILES string of the molecule is CCNCc1cccc(Cl)c1N(CC)C1CC1. The first kappa shape index (κ1) is 12.7. The molecular weight excluding hydrogens is 232 g/mol. The topological polar surface area (TPSA) is 15.3 Å². The molecule has 2 rings (SSSR count). The van der Waals surface area contributed by atoms with Gasteiger partial charge in [-0.15, -0.1) is 0 Å². The Balaban J connectivity index is 2.27. The van der Waals surface area contributed by atoms with E-state index in [4.69, 9.17) is 11.6 Å². The van der Waals surface area contributed by atoms with Crippen LogP contribution in [0.1, 0.15) is 32.3 Å². The molecule has 2 nitrogen and oxygen atoms in total. The standard InChI is InChI=1S/C14H21ClN2/c1-3-16-10-11-6-5-7-13(15)14(11)17(4-2)12-8-9-12/h5-7,12,16H,3-4,8-10H2,1-2H3. The maximum atomic E-state index is 6.38. The van der Waals surface area contributed by atoms with Gasteiger partial charge in [0.2, 0.25) is 0 Å². The maximum Gasteiger partial charge on any atom is 0.0643 e. The van der Waals surface area contributed by atoms with E-state index in [1.807, 2.05) is 12.1 Å². The van der Waals surface area contributed by atoms with Crippen molar-refractivity contribution in [1.82, 2.24) is 5.32 Å². The lowest BCUT2D eigenvalue weighted by atomic mass is 10.1. The Kier molecular flexibility index (Phi) is 4.30. The van der Waals surface area contributed by atoms with Crippen molar-refractivity contribution in [2.75, 3.05) is 18.0 Å². The predicted octanol–water partition coefficient (Wildman–Crippen LogP) is 3.44. The Morgan fingerprint density at radius 2 is 2.12 bits per heavy atom. The molecule has 0 atom stereocenters. The monoisotopic (exact) mass is 252 g/mol. The number of halogens is 1. The van der Waals surface area contributed by atoms with Crippen LogP contribution < -0.4 is 10.2 Å². The molecule has 0 radical (unpaired) electrons. The van der Waals surface area contributed by atoms with Gasteiger partial charge in [-0.2, -0.15) is 0 Å². The summed E-state index contributed by atoms with van der Waals surface area (Å²) in [4.78, 5) is 2.45. The molecule has 94 valence electrons. The van der Waals surface area contributed by atoms with Crippen LogP contribution in [0, 0.1) is 0 Å². The average molecular weight is 253 g/mol. The van der Waals surface area contributed by atoms with Crippen LogP contribution >= 0.6 is 11.6 Å². The van der Waals surface area contributed by atoms with Gasteiger partial charge in [-0.3, -0.25) is 0 Å².